The summed E-state index contributed by atoms with van der Waals surface area (Å²) >= 11 is 0. The smallest absolute Gasteiger partial charge is 0.314 e. The Morgan fingerprint density at radius 2 is 1.89 bits per heavy atom. The number of nitrogens with one attached hydrogen (secondary N) is 2. The van der Waals surface area contributed by atoms with E-state index in [1.165, 1.54) is 25.7 Å². The molecule has 0 radical (unpaired) electrons. The van der Waals surface area contributed by atoms with Gasteiger partial charge in [0.05, 0.1) is 0 Å². The number of carbonyl (C=O) groups is 2. The van der Waals surface area contributed by atoms with Gasteiger partial charge in [-0.3, -0.25) is 4.79 Å². The number of carboxylic acids is 1. The second kappa shape index (κ2) is 8.77. The van der Waals surface area contributed by atoms with Gasteiger partial charge in [-0.15, -0.1) is 0 Å². The number of aliphatic carboxylic acids is 1. The summed E-state index contributed by atoms with van der Waals surface area (Å²) in [6.07, 6.45) is 6.54. The van der Waals surface area contributed by atoms with E-state index >= 15 is 0 Å². The van der Waals surface area contributed by atoms with Gasteiger partial charge in [-0.2, -0.15) is 0 Å². The van der Waals surface area contributed by atoms with Crippen molar-refractivity contribution >= 4 is 12.0 Å². The molecule has 0 aliphatic heterocycles. The Balaban J connectivity index is 2.02. The Hall–Kier alpha value is -1.26. The number of rotatable bonds is 7. The molecule has 0 heterocycles. The van der Waals surface area contributed by atoms with Crippen molar-refractivity contribution in [2.75, 3.05) is 13.1 Å². The summed E-state index contributed by atoms with van der Waals surface area (Å²) in [5, 5.41) is 14.2. The van der Waals surface area contributed by atoms with Crippen LogP contribution >= 0.6 is 0 Å². The van der Waals surface area contributed by atoms with Crippen LogP contribution < -0.4 is 10.6 Å². The number of hydrogen-bond acceptors (Lipinski definition) is 2. The molecule has 0 spiro atoms. The summed E-state index contributed by atoms with van der Waals surface area (Å²) in [6.45, 7) is 3.55. The van der Waals surface area contributed by atoms with Crippen LogP contribution in [-0.2, 0) is 4.79 Å². The lowest BCUT2D eigenvalue weighted by atomic mass is 9.80. The monoisotopic (exact) mass is 270 g/mol. The summed E-state index contributed by atoms with van der Waals surface area (Å²) in [5.74, 6) is 0.520. The molecule has 2 atom stereocenters. The van der Waals surface area contributed by atoms with E-state index in [1.54, 1.807) is 0 Å². The Bertz CT molecular complexity index is 294. The van der Waals surface area contributed by atoms with Crippen molar-refractivity contribution in [3.8, 4) is 0 Å². The highest BCUT2D eigenvalue weighted by Crippen LogP contribution is 2.28. The van der Waals surface area contributed by atoms with E-state index in [2.05, 4.69) is 17.6 Å². The van der Waals surface area contributed by atoms with E-state index in [1.807, 2.05) is 0 Å². The molecule has 0 aromatic heterocycles. The molecule has 0 bridgehead atoms. The number of carboxylic acid groups (broad SMARTS) is 1. The first kappa shape index (κ1) is 15.8. The van der Waals surface area contributed by atoms with Crippen LogP contribution in [0.25, 0.3) is 0 Å². The quantitative estimate of drug-likeness (QED) is 0.621. The first-order valence-corrected chi connectivity index (χ1v) is 7.33. The number of amides is 2. The van der Waals surface area contributed by atoms with E-state index < -0.39 is 5.97 Å². The zero-order valence-electron chi connectivity index (χ0n) is 11.8. The SMILES string of the molecule is CC1CCCCC1CNC(=O)NCCCCC(=O)O. The molecule has 19 heavy (non-hydrogen) atoms. The summed E-state index contributed by atoms with van der Waals surface area (Å²) in [5.41, 5.74) is 0. The van der Waals surface area contributed by atoms with Crippen molar-refractivity contribution in [3.05, 3.63) is 0 Å². The van der Waals surface area contributed by atoms with Crippen LogP contribution in [0.5, 0.6) is 0 Å². The second-order valence-corrected chi connectivity index (χ2v) is 5.51. The van der Waals surface area contributed by atoms with Crippen molar-refractivity contribution in [1.82, 2.24) is 10.6 Å². The minimum absolute atomic E-state index is 0.131. The highest BCUT2D eigenvalue weighted by Gasteiger charge is 2.21. The average Bonchev–Trinajstić information content (AvgIpc) is 2.37. The summed E-state index contributed by atoms with van der Waals surface area (Å²) in [4.78, 5) is 21.9. The van der Waals surface area contributed by atoms with E-state index in [9.17, 15) is 9.59 Å². The van der Waals surface area contributed by atoms with Crippen molar-refractivity contribution < 1.29 is 14.7 Å². The Morgan fingerprint density at radius 1 is 1.16 bits per heavy atom. The van der Waals surface area contributed by atoms with Gasteiger partial charge in [0, 0.05) is 19.5 Å². The van der Waals surface area contributed by atoms with Crippen molar-refractivity contribution in [2.45, 2.75) is 51.9 Å². The third kappa shape index (κ3) is 7.03. The molecule has 3 N–H and O–H groups in total. The molecule has 1 rings (SSSR count). The van der Waals surface area contributed by atoms with Crippen LogP contribution in [0.2, 0.25) is 0 Å². The van der Waals surface area contributed by atoms with Crippen LogP contribution in [0.3, 0.4) is 0 Å². The minimum Gasteiger partial charge on any atom is -0.481 e. The molecule has 1 fully saturated rings. The topological polar surface area (TPSA) is 78.4 Å². The Kier molecular flexibility index (Phi) is 7.30. The fraction of sp³-hybridized carbons (Fsp3) is 0.857. The molecular weight excluding hydrogens is 244 g/mol. The number of hydrogen-bond donors (Lipinski definition) is 3. The number of urea groups is 1. The molecule has 110 valence electrons. The fourth-order valence-electron chi connectivity index (χ4n) is 2.59. The Labute approximate surface area is 115 Å². The zero-order chi connectivity index (χ0) is 14.1. The lowest BCUT2D eigenvalue weighted by molar-refractivity contribution is -0.137. The molecule has 0 saturated heterocycles. The summed E-state index contributed by atoms with van der Waals surface area (Å²) in [7, 11) is 0. The van der Waals surface area contributed by atoms with Crippen molar-refractivity contribution in [3.63, 3.8) is 0 Å². The highest BCUT2D eigenvalue weighted by atomic mass is 16.4. The second-order valence-electron chi connectivity index (χ2n) is 5.51. The van der Waals surface area contributed by atoms with Gasteiger partial charge >= 0.3 is 12.0 Å². The summed E-state index contributed by atoms with van der Waals surface area (Å²) in [6, 6.07) is -0.131. The lowest BCUT2D eigenvalue weighted by Gasteiger charge is -2.28. The number of unbranched alkanes of at least 4 members (excludes halogenated alkanes) is 1. The predicted molar refractivity (Wildman–Crippen MR) is 74.0 cm³/mol. The maximum absolute atomic E-state index is 11.6. The molecule has 5 nitrogen and oxygen atoms in total. The average molecular weight is 270 g/mol. The molecule has 0 aromatic rings. The van der Waals surface area contributed by atoms with Crippen LogP contribution in [0, 0.1) is 11.8 Å². The van der Waals surface area contributed by atoms with Gasteiger partial charge in [-0.25, -0.2) is 4.79 Å². The minimum atomic E-state index is -0.782. The van der Waals surface area contributed by atoms with Crippen molar-refractivity contribution in [2.24, 2.45) is 11.8 Å². The number of carbonyl (C=O) groups excluding carboxylic acids is 1. The van der Waals surface area contributed by atoms with Gasteiger partial charge in [0.2, 0.25) is 0 Å². The zero-order valence-corrected chi connectivity index (χ0v) is 11.8. The van der Waals surface area contributed by atoms with Gasteiger partial charge in [0.15, 0.2) is 0 Å². The third-order valence-corrected chi connectivity index (χ3v) is 3.92. The molecule has 5 heteroatoms. The normalized spacial score (nSPS) is 22.8. The maximum atomic E-state index is 11.6. The maximum Gasteiger partial charge on any atom is 0.314 e. The Morgan fingerprint density at radius 3 is 2.58 bits per heavy atom. The fourth-order valence-corrected chi connectivity index (χ4v) is 2.59. The van der Waals surface area contributed by atoms with Gasteiger partial charge < -0.3 is 15.7 Å². The molecule has 1 aliphatic rings. The molecular formula is C14H26N2O3. The van der Waals surface area contributed by atoms with Crippen molar-refractivity contribution in [1.29, 1.82) is 0 Å². The van der Waals surface area contributed by atoms with Gasteiger partial charge in [0.25, 0.3) is 0 Å². The van der Waals surface area contributed by atoms with Crippen LogP contribution in [-0.4, -0.2) is 30.2 Å². The van der Waals surface area contributed by atoms with Crippen LogP contribution in [0.1, 0.15) is 51.9 Å². The predicted octanol–water partition coefficient (Wildman–Crippen LogP) is 2.37. The van der Waals surface area contributed by atoms with E-state index in [0.717, 1.165) is 6.54 Å². The van der Waals surface area contributed by atoms with Gasteiger partial charge in [-0.1, -0.05) is 26.2 Å². The van der Waals surface area contributed by atoms with E-state index in [4.69, 9.17) is 5.11 Å². The third-order valence-electron chi connectivity index (χ3n) is 3.92. The van der Waals surface area contributed by atoms with E-state index in [0.29, 0.717) is 31.2 Å². The standard InChI is InChI=1S/C14H26N2O3/c1-11-6-2-3-7-12(11)10-16-14(19)15-9-5-4-8-13(17)18/h11-12H,2-10H2,1H3,(H,17,18)(H2,15,16,19). The molecule has 1 aliphatic carbocycles. The first-order valence-electron chi connectivity index (χ1n) is 7.33. The summed E-state index contributed by atoms with van der Waals surface area (Å²) < 4.78 is 0. The molecule has 2 amide bonds. The first-order chi connectivity index (χ1) is 9.09. The lowest BCUT2D eigenvalue weighted by Crippen LogP contribution is -2.40. The van der Waals surface area contributed by atoms with E-state index in [-0.39, 0.29) is 12.5 Å². The van der Waals surface area contributed by atoms with Crippen LogP contribution in [0.15, 0.2) is 0 Å². The molecule has 2 unspecified atom stereocenters. The molecule has 0 aromatic carbocycles. The van der Waals surface area contributed by atoms with Gasteiger partial charge in [-0.05, 0) is 31.1 Å². The largest absolute Gasteiger partial charge is 0.481 e. The van der Waals surface area contributed by atoms with Crippen LogP contribution in [0.4, 0.5) is 4.79 Å². The highest BCUT2D eigenvalue weighted by molar-refractivity contribution is 5.73. The van der Waals surface area contributed by atoms with Gasteiger partial charge in [0.1, 0.15) is 0 Å². The molecule has 1 saturated carbocycles.